The van der Waals surface area contributed by atoms with Crippen LogP contribution in [0.3, 0.4) is 0 Å². The second-order valence-electron chi connectivity index (χ2n) is 8.52. The summed E-state index contributed by atoms with van der Waals surface area (Å²) in [6.07, 6.45) is 0.242. The summed E-state index contributed by atoms with van der Waals surface area (Å²) in [4.78, 5) is 25.7. The summed E-state index contributed by atoms with van der Waals surface area (Å²) in [5.74, 6) is 3.39. The molecule has 0 radical (unpaired) electrons. The molecular formula is C26H27Cl2N5O5S. The smallest absolute Gasteiger partial charge is 0.272 e. The van der Waals surface area contributed by atoms with Crippen LogP contribution in [0.1, 0.15) is 24.5 Å². The van der Waals surface area contributed by atoms with E-state index in [-0.39, 0.29) is 44.9 Å². The Labute approximate surface area is 236 Å². The summed E-state index contributed by atoms with van der Waals surface area (Å²) in [6.45, 7) is 3.55. The minimum atomic E-state index is -3.99. The molecule has 10 nitrogen and oxygen atoms in total. The Morgan fingerprint density at radius 2 is 1.69 bits per heavy atom. The maximum absolute atomic E-state index is 12.9. The zero-order valence-corrected chi connectivity index (χ0v) is 23.4. The van der Waals surface area contributed by atoms with Crippen molar-refractivity contribution < 1.29 is 23.1 Å². The molecule has 206 valence electrons. The van der Waals surface area contributed by atoms with E-state index in [4.69, 9.17) is 29.0 Å². The molecule has 0 fully saturated rings. The number of phenols is 1. The van der Waals surface area contributed by atoms with Gasteiger partial charge in [-0.2, -0.15) is 9.82 Å². The number of nitrogens with zero attached hydrogens (tertiary/aromatic N) is 1. The summed E-state index contributed by atoms with van der Waals surface area (Å²) in [5, 5.41) is 18.6. The van der Waals surface area contributed by atoms with Gasteiger partial charge in [0.15, 0.2) is 5.75 Å². The number of phenolic OH excluding ortho intramolecular Hbond substituents is 1. The van der Waals surface area contributed by atoms with Crippen LogP contribution in [-0.2, 0) is 26.0 Å². The number of halogens is 2. The normalized spacial score (nSPS) is 12.6. The number of hydrogen-bond acceptors (Lipinski definition) is 7. The quantitative estimate of drug-likeness (QED) is 0.103. The Morgan fingerprint density at radius 3 is 2.28 bits per heavy atom. The molecule has 0 saturated heterocycles. The first-order valence-corrected chi connectivity index (χ1v) is 13.9. The number of hydrazone groups is 1. The van der Waals surface area contributed by atoms with Crippen LogP contribution < -0.4 is 21.2 Å². The molecule has 3 aromatic carbocycles. The highest BCUT2D eigenvalue weighted by Crippen LogP contribution is 2.43. The summed E-state index contributed by atoms with van der Waals surface area (Å²) < 4.78 is 27.7. The van der Waals surface area contributed by atoms with Crippen molar-refractivity contribution >= 4 is 62.1 Å². The molecule has 0 saturated carbocycles. The monoisotopic (exact) mass is 591 g/mol. The van der Waals surface area contributed by atoms with Crippen LogP contribution in [0.25, 0.3) is 0 Å². The zero-order chi connectivity index (χ0) is 28.7. The van der Waals surface area contributed by atoms with Crippen molar-refractivity contribution in [2.75, 3.05) is 10.6 Å². The molecule has 6 N–H and O–H groups in total. The fraction of sp³-hybridized carbons (Fsp3) is 0.192. The second kappa shape index (κ2) is 12.9. The van der Waals surface area contributed by atoms with E-state index >= 15 is 0 Å². The number of sulfonamides is 1. The summed E-state index contributed by atoms with van der Waals surface area (Å²) in [6, 6.07) is 15.0. The van der Waals surface area contributed by atoms with Crippen molar-refractivity contribution in [1.29, 1.82) is 0 Å². The molecular weight excluding hydrogens is 565 g/mol. The number of amides is 2. The van der Waals surface area contributed by atoms with Gasteiger partial charge in [-0.3, -0.25) is 9.59 Å². The molecule has 3 aromatic rings. The van der Waals surface area contributed by atoms with Gasteiger partial charge in [-0.15, -0.1) is 0 Å². The van der Waals surface area contributed by atoms with Crippen molar-refractivity contribution in [2.24, 2.45) is 10.9 Å². The minimum absolute atomic E-state index is 0.00665. The van der Waals surface area contributed by atoms with Crippen LogP contribution in [0.4, 0.5) is 11.4 Å². The van der Waals surface area contributed by atoms with Crippen molar-refractivity contribution in [3.05, 3.63) is 81.8 Å². The van der Waals surface area contributed by atoms with Gasteiger partial charge in [-0.25, -0.2) is 8.42 Å². The number of anilines is 2. The summed E-state index contributed by atoms with van der Waals surface area (Å²) in [5.41, 5.74) is 1.53. The van der Waals surface area contributed by atoms with Crippen molar-refractivity contribution in [3.8, 4) is 5.75 Å². The van der Waals surface area contributed by atoms with Crippen molar-refractivity contribution in [2.45, 2.75) is 37.6 Å². The average molecular weight is 593 g/mol. The van der Waals surface area contributed by atoms with Gasteiger partial charge < -0.3 is 21.6 Å². The van der Waals surface area contributed by atoms with Crippen molar-refractivity contribution in [3.63, 3.8) is 0 Å². The maximum Gasteiger partial charge on any atom is 0.272 e. The Balaban J connectivity index is 1.76. The maximum atomic E-state index is 12.9. The lowest BCUT2D eigenvalue weighted by Gasteiger charge is -2.19. The number of aryl methyl sites for hydroxylation is 1. The zero-order valence-electron chi connectivity index (χ0n) is 21.0. The highest BCUT2D eigenvalue weighted by Gasteiger charge is 2.27. The number of rotatable bonds is 10. The highest BCUT2D eigenvalue weighted by atomic mass is 35.5. The molecule has 0 spiro atoms. The van der Waals surface area contributed by atoms with Crippen LogP contribution >= 0.6 is 23.2 Å². The van der Waals surface area contributed by atoms with Gasteiger partial charge >= 0.3 is 0 Å². The van der Waals surface area contributed by atoms with E-state index in [0.717, 1.165) is 11.1 Å². The van der Waals surface area contributed by atoms with E-state index in [9.17, 15) is 23.1 Å². The number of nitrogens with two attached hydrogens (primary N) is 1. The number of nitrogens with one attached hydrogen (secondary N) is 3. The second-order valence-corrected chi connectivity index (χ2v) is 11.0. The van der Waals surface area contributed by atoms with Crippen LogP contribution in [-0.4, -0.2) is 37.1 Å². The lowest BCUT2D eigenvalue weighted by Crippen LogP contribution is -2.43. The van der Waals surface area contributed by atoms with Gasteiger partial charge in [-0.05, 0) is 37.1 Å². The van der Waals surface area contributed by atoms with Crippen LogP contribution in [0, 0.1) is 6.92 Å². The van der Waals surface area contributed by atoms with E-state index in [0.29, 0.717) is 0 Å². The molecule has 1 atom stereocenters. The Hall–Kier alpha value is -3.64. The average Bonchev–Trinajstić information content (AvgIpc) is 2.92. The standard InChI is InChI=1S/C26H27Cl2N5O5S/c1-3-19(33-39(37,38)17-7-5-4-6-8-17)25(35)31-23-18(27)14-20(24(34)22(23)28)30-26(36)21(32-29)13-16-11-9-15(2)10-12-16/h4-12,14,19,33-34H,3,13,29H2,1-2H3,(H,30,36)(H,31,35). The lowest BCUT2D eigenvalue weighted by atomic mass is 10.1. The molecule has 39 heavy (non-hydrogen) atoms. The first-order chi connectivity index (χ1) is 18.5. The fourth-order valence-electron chi connectivity index (χ4n) is 3.48. The SMILES string of the molecule is CCC(NS(=O)(=O)c1ccccc1)C(=O)Nc1c(Cl)cc(NC(=O)C(Cc2ccc(C)cc2)=NN)c(O)c1Cl. The van der Waals surface area contributed by atoms with Gasteiger partial charge in [0.2, 0.25) is 15.9 Å². The Bertz CT molecular complexity index is 1500. The predicted molar refractivity (Wildman–Crippen MR) is 153 cm³/mol. The van der Waals surface area contributed by atoms with Gasteiger partial charge in [0.05, 0.1) is 21.3 Å². The Kier molecular flexibility index (Phi) is 9.92. The fourth-order valence-corrected chi connectivity index (χ4v) is 5.33. The first kappa shape index (κ1) is 29.9. The van der Waals surface area contributed by atoms with Gasteiger partial charge in [0.1, 0.15) is 16.8 Å². The molecule has 0 aliphatic carbocycles. The molecule has 0 aliphatic rings. The first-order valence-electron chi connectivity index (χ1n) is 11.7. The summed E-state index contributed by atoms with van der Waals surface area (Å²) >= 11 is 12.6. The molecule has 2 amide bonds. The molecule has 3 rings (SSSR count). The molecule has 0 heterocycles. The minimum Gasteiger partial charge on any atom is -0.504 e. The predicted octanol–water partition coefficient (Wildman–Crippen LogP) is 4.20. The molecule has 13 heteroatoms. The van der Waals surface area contributed by atoms with E-state index in [1.54, 1.807) is 25.1 Å². The molecule has 0 aromatic heterocycles. The number of carbonyl (C=O) groups is 2. The van der Waals surface area contributed by atoms with Gasteiger partial charge in [-0.1, -0.05) is 78.2 Å². The summed E-state index contributed by atoms with van der Waals surface area (Å²) in [7, 11) is -3.99. The number of benzene rings is 3. The van der Waals surface area contributed by atoms with Gasteiger partial charge in [0.25, 0.3) is 5.91 Å². The highest BCUT2D eigenvalue weighted by molar-refractivity contribution is 7.89. The van der Waals surface area contributed by atoms with Crippen LogP contribution in [0.5, 0.6) is 5.75 Å². The van der Waals surface area contributed by atoms with E-state index in [1.807, 2.05) is 31.2 Å². The molecule has 0 aliphatic heterocycles. The third kappa shape index (κ3) is 7.48. The Morgan fingerprint density at radius 1 is 1.05 bits per heavy atom. The van der Waals surface area contributed by atoms with Crippen LogP contribution in [0.15, 0.2) is 70.7 Å². The van der Waals surface area contributed by atoms with E-state index in [1.165, 1.54) is 18.2 Å². The van der Waals surface area contributed by atoms with Crippen LogP contribution in [0.2, 0.25) is 10.0 Å². The number of aromatic hydroxyl groups is 1. The van der Waals surface area contributed by atoms with E-state index in [2.05, 4.69) is 20.5 Å². The molecule has 0 bridgehead atoms. The van der Waals surface area contributed by atoms with E-state index < -0.39 is 33.6 Å². The van der Waals surface area contributed by atoms with Crippen molar-refractivity contribution in [1.82, 2.24) is 4.72 Å². The topological polar surface area (TPSA) is 163 Å². The number of carbonyl (C=O) groups excluding carboxylic acids is 2. The van der Waals surface area contributed by atoms with Gasteiger partial charge in [0, 0.05) is 6.42 Å². The number of hydrogen-bond donors (Lipinski definition) is 5. The lowest BCUT2D eigenvalue weighted by molar-refractivity contribution is -0.117. The third-order valence-electron chi connectivity index (χ3n) is 5.67. The molecule has 1 unspecified atom stereocenters. The third-order valence-corrected chi connectivity index (χ3v) is 7.83. The largest absolute Gasteiger partial charge is 0.504 e.